The molecule has 0 spiro atoms. The van der Waals surface area contributed by atoms with E-state index >= 15 is 4.39 Å². The molecule has 0 aliphatic heterocycles. The monoisotopic (exact) mass is 490 g/mol. The highest BCUT2D eigenvalue weighted by Gasteiger charge is 2.50. The number of aryl methyl sites for hydroxylation is 1. The molecular weight excluding hydrogens is 454 g/mol. The summed E-state index contributed by atoms with van der Waals surface area (Å²) in [5, 5.41) is 9.44. The minimum atomic E-state index is -2.26. The quantitative estimate of drug-likeness (QED) is 0.406. The zero-order valence-corrected chi connectivity index (χ0v) is 21.0. The lowest BCUT2D eigenvalue weighted by atomic mass is 9.76. The Bertz CT molecular complexity index is 981. The molecule has 186 valence electrons. The molecule has 4 rings (SSSR count). The average Bonchev–Trinajstić information content (AvgIpc) is 3.63. The molecule has 34 heavy (non-hydrogen) atoms. The minimum Gasteiger partial charge on any atom is -0.497 e. The third kappa shape index (κ3) is 5.94. The van der Waals surface area contributed by atoms with Crippen molar-refractivity contribution in [3.63, 3.8) is 0 Å². The highest BCUT2D eigenvalue weighted by molar-refractivity contribution is 7.59. The van der Waals surface area contributed by atoms with Crippen molar-refractivity contribution in [1.82, 2.24) is 0 Å². The van der Waals surface area contributed by atoms with Crippen molar-refractivity contribution in [3.05, 3.63) is 65.0 Å². The minimum absolute atomic E-state index is 0. The van der Waals surface area contributed by atoms with Crippen molar-refractivity contribution in [2.75, 3.05) is 7.11 Å². The number of rotatable bonds is 9. The van der Waals surface area contributed by atoms with Crippen molar-refractivity contribution in [1.29, 1.82) is 0 Å². The first-order valence-corrected chi connectivity index (χ1v) is 12.1. The van der Waals surface area contributed by atoms with E-state index in [1.807, 2.05) is 24.3 Å². The number of aliphatic carboxylic acids is 1. The van der Waals surface area contributed by atoms with E-state index in [1.54, 1.807) is 13.2 Å². The normalized spacial score (nSPS) is 22.8. The van der Waals surface area contributed by atoms with Crippen LogP contribution in [-0.4, -0.2) is 23.9 Å². The molecule has 2 atom stereocenters. The molecular formula is C28H36F2O3S. The van der Waals surface area contributed by atoms with Crippen molar-refractivity contribution in [2.45, 2.75) is 75.8 Å². The highest BCUT2D eigenvalue weighted by atomic mass is 32.1. The number of carboxylic acids is 1. The fraction of sp³-hybridized carbons (Fsp3) is 0.536. The third-order valence-corrected chi connectivity index (χ3v) is 7.74. The lowest BCUT2D eigenvalue weighted by Crippen LogP contribution is -2.38. The largest absolute Gasteiger partial charge is 0.497 e. The maximum Gasteiger partial charge on any atom is 0.341 e. The Morgan fingerprint density at radius 2 is 1.82 bits per heavy atom. The van der Waals surface area contributed by atoms with Crippen LogP contribution in [0.1, 0.15) is 80.4 Å². The zero-order valence-electron chi connectivity index (χ0n) is 20.0. The molecule has 2 aliphatic carbocycles. The van der Waals surface area contributed by atoms with E-state index in [9.17, 15) is 14.3 Å². The fourth-order valence-corrected chi connectivity index (χ4v) is 5.63. The van der Waals surface area contributed by atoms with Gasteiger partial charge in [-0.15, -0.1) is 0 Å². The number of carbonyl (C=O) groups is 1. The van der Waals surface area contributed by atoms with Gasteiger partial charge in [-0.2, -0.15) is 13.5 Å². The van der Waals surface area contributed by atoms with Gasteiger partial charge in [-0.05, 0) is 111 Å². The van der Waals surface area contributed by atoms with Crippen LogP contribution in [0.2, 0.25) is 0 Å². The summed E-state index contributed by atoms with van der Waals surface area (Å²) in [5.74, 6) is -0.496. The number of benzene rings is 2. The van der Waals surface area contributed by atoms with E-state index in [2.05, 4.69) is 6.07 Å². The molecule has 3 nitrogen and oxygen atoms in total. The van der Waals surface area contributed by atoms with Gasteiger partial charge in [-0.1, -0.05) is 24.3 Å². The zero-order chi connectivity index (χ0) is 23.6. The van der Waals surface area contributed by atoms with Crippen LogP contribution >= 0.6 is 13.5 Å². The van der Waals surface area contributed by atoms with Crippen LogP contribution in [-0.2, 0) is 11.2 Å². The lowest BCUT2D eigenvalue weighted by Gasteiger charge is -2.29. The second-order valence-corrected chi connectivity index (χ2v) is 10.1. The number of methoxy groups -OCH3 is 1. The van der Waals surface area contributed by atoms with Crippen LogP contribution in [0.25, 0.3) is 0 Å². The molecule has 0 saturated heterocycles. The van der Waals surface area contributed by atoms with Crippen molar-refractivity contribution >= 4 is 19.5 Å². The summed E-state index contributed by atoms with van der Waals surface area (Å²) >= 11 is 0. The van der Waals surface area contributed by atoms with Gasteiger partial charge < -0.3 is 9.84 Å². The average molecular weight is 491 g/mol. The summed E-state index contributed by atoms with van der Waals surface area (Å²) < 4.78 is 34.7. The molecule has 2 saturated carbocycles. The molecule has 2 aromatic carbocycles. The maximum atomic E-state index is 15.1. The number of carboxylic acid groups (broad SMARTS) is 1. The molecule has 6 heteroatoms. The first-order valence-electron chi connectivity index (χ1n) is 12.1. The number of alkyl halides is 1. The molecule has 0 amide bonds. The summed E-state index contributed by atoms with van der Waals surface area (Å²) in [7, 11) is 1.60. The van der Waals surface area contributed by atoms with Crippen molar-refractivity contribution < 1.29 is 23.4 Å². The second-order valence-electron chi connectivity index (χ2n) is 10.1. The first-order chi connectivity index (χ1) is 15.8. The number of hydrogen-bond acceptors (Lipinski definition) is 2. The lowest BCUT2D eigenvalue weighted by molar-refractivity contribution is -0.151. The SMILES string of the molecule is COc1ccc(F)c(C2CCC(CCc3cccc([C@H](C4CC4)C(C)(F)C(=O)O)c3)CC2)c1.S. The van der Waals surface area contributed by atoms with E-state index in [-0.39, 0.29) is 31.1 Å². The molecule has 1 N–H and O–H groups in total. The predicted molar refractivity (Wildman–Crippen MR) is 135 cm³/mol. The Balaban J connectivity index is 0.00000324. The second kappa shape index (κ2) is 11.1. The van der Waals surface area contributed by atoms with Crippen LogP contribution in [0, 0.1) is 17.7 Å². The Morgan fingerprint density at radius 1 is 1.12 bits per heavy atom. The molecule has 2 aromatic rings. The Kier molecular flexibility index (Phi) is 8.66. The smallest absolute Gasteiger partial charge is 0.341 e. The molecule has 2 aliphatic rings. The van der Waals surface area contributed by atoms with Crippen molar-refractivity contribution in [3.8, 4) is 5.75 Å². The molecule has 0 radical (unpaired) electrons. The van der Waals surface area contributed by atoms with Gasteiger partial charge in [0.15, 0.2) is 0 Å². The highest BCUT2D eigenvalue weighted by Crippen LogP contribution is 2.50. The van der Waals surface area contributed by atoms with Gasteiger partial charge in [0.25, 0.3) is 0 Å². The van der Waals surface area contributed by atoms with Crippen LogP contribution in [0.5, 0.6) is 5.75 Å². The Morgan fingerprint density at radius 3 is 2.44 bits per heavy atom. The van der Waals surface area contributed by atoms with E-state index in [4.69, 9.17) is 4.74 Å². The Labute approximate surface area is 208 Å². The van der Waals surface area contributed by atoms with Gasteiger partial charge >= 0.3 is 5.97 Å². The van der Waals surface area contributed by atoms with Crippen LogP contribution in [0.3, 0.4) is 0 Å². The number of hydrogen-bond donors (Lipinski definition) is 1. The summed E-state index contributed by atoms with van der Waals surface area (Å²) in [5.41, 5.74) is 0.451. The van der Waals surface area contributed by atoms with Gasteiger partial charge in [-0.25, -0.2) is 13.6 Å². The van der Waals surface area contributed by atoms with E-state index < -0.39 is 17.6 Å². The topological polar surface area (TPSA) is 46.5 Å². The molecule has 2 fully saturated rings. The fourth-order valence-electron chi connectivity index (χ4n) is 5.63. The molecule has 0 bridgehead atoms. The molecule has 0 aromatic heterocycles. The van der Waals surface area contributed by atoms with Crippen LogP contribution in [0.15, 0.2) is 42.5 Å². The van der Waals surface area contributed by atoms with E-state index in [0.717, 1.165) is 68.1 Å². The van der Waals surface area contributed by atoms with Gasteiger partial charge in [0, 0.05) is 5.92 Å². The predicted octanol–water partition coefficient (Wildman–Crippen LogP) is 7.16. The first kappa shape index (κ1) is 26.5. The molecule has 0 heterocycles. The van der Waals surface area contributed by atoms with E-state index in [0.29, 0.717) is 11.7 Å². The van der Waals surface area contributed by atoms with Crippen molar-refractivity contribution in [2.24, 2.45) is 11.8 Å². The van der Waals surface area contributed by atoms with Gasteiger partial charge in [0.2, 0.25) is 5.67 Å². The summed E-state index contributed by atoms with van der Waals surface area (Å²) in [4.78, 5) is 11.6. The third-order valence-electron chi connectivity index (χ3n) is 7.74. The van der Waals surface area contributed by atoms with Gasteiger partial charge in [-0.3, -0.25) is 0 Å². The summed E-state index contributed by atoms with van der Waals surface area (Å²) in [6.45, 7) is 1.20. The standard InChI is InChI=1S/C28H34F2O3.H2S/c1-28(30,27(31)32)26(21-12-13-21)22-5-3-4-19(16-22)7-6-18-8-10-20(11-9-18)24-17-23(33-2)14-15-25(24)29;/h3-5,14-18,20-21,26H,6-13H2,1-2H3,(H,31,32);1H2/t18?,20?,26-,28?;/m0./s1. The maximum absolute atomic E-state index is 15.1. The Hall–Kier alpha value is -2.08. The van der Waals surface area contributed by atoms with E-state index in [1.165, 1.54) is 13.0 Å². The molecule has 1 unspecified atom stereocenters. The van der Waals surface area contributed by atoms with Gasteiger partial charge in [0.05, 0.1) is 7.11 Å². The number of halogens is 2. The summed E-state index contributed by atoms with van der Waals surface area (Å²) in [6, 6.07) is 12.9. The summed E-state index contributed by atoms with van der Waals surface area (Å²) in [6.07, 6.45) is 7.77. The number of ether oxygens (including phenoxy) is 1. The van der Waals surface area contributed by atoms with Crippen LogP contribution in [0.4, 0.5) is 8.78 Å². The van der Waals surface area contributed by atoms with Crippen LogP contribution < -0.4 is 4.74 Å². The van der Waals surface area contributed by atoms with Gasteiger partial charge in [0.1, 0.15) is 11.6 Å².